The number of carbonyl (C=O) groups excluding carboxylic acids is 2. The van der Waals surface area contributed by atoms with Gasteiger partial charge in [-0.3, -0.25) is 4.79 Å². The Bertz CT molecular complexity index is 514. The van der Waals surface area contributed by atoms with E-state index in [0.717, 1.165) is 31.2 Å². The topological polar surface area (TPSA) is 46.6 Å². The number of piperidine rings is 1. The van der Waals surface area contributed by atoms with Gasteiger partial charge in [0, 0.05) is 25.4 Å². The van der Waals surface area contributed by atoms with Crippen LogP contribution >= 0.6 is 0 Å². The fourth-order valence-corrected chi connectivity index (χ4v) is 3.45. The van der Waals surface area contributed by atoms with Crippen molar-refractivity contribution in [2.75, 3.05) is 13.1 Å². The Hall–Kier alpha value is -1.84. The highest BCUT2D eigenvalue weighted by Crippen LogP contribution is 2.34. The van der Waals surface area contributed by atoms with Crippen molar-refractivity contribution in [3.05, 3.63) is 35.9 Å². The van der Waals surface area contributed by atoms with E-state index in [1.807, 2.05) is 30.3 Å². The second-order valence-corrected chi connectivity index (χ2v) is 6.00. The molecule has 2 atom stereocenters. The number of hydrogen-bond donors (Lipinski definition) is 0. The highest BCUT2D eigenvalue weighted by Gasteiger charge is 2.37. The Morgan fingerprint density at radius 1 is 1.24 bits per heavy atom. The smallest absolute Gasteiger partial charge is 0.410 e. The maximum atomic E-state index is 12.1. The average Bonchev–Trinajstić information content (AvgIpc) is 2.53. The van der Waals surface area contributed by atoms with Crippen LogP contribution in [-0.4, -0.2) is 29.9 Å². The predicted octanol–water partition coefficient (Wildman–Crippen LogP) is 3.01. The molecule has 1 aliphatic heterocycles. The van der Waals surface area contributed by atoms with Gasteiger partial charge in [0.15, 0.2) is 0 Å². The van der Waals surface area contributed by atoms with Crippen LogP contribution < -0.4 is 0 Å². The fraction of sp³-hybridized carbons (Fsp3) is 0.529. The molecular formula is C17H21NO3. The molecule has 1 aliphatic carbocycles. The Morgan fingerprint density at radius 3 is 2.86 bits per heavy atom. The molecule has 1 aromatic carbocycles. The van der Waals surface area contributed by atoms with Gasteiger partial charge >= 0.3 is 6.09 Å². The molecule has 1 heterocycles. The summed E-state index contributed by atoms with van der Waals surface area (Å²) in [6, 6.07) is 9.69. The lowest BCUT2D eigenvalue weighted by molar-refractivity contribution is -0.128. The predicted molar refractivity (Wildman–Crippen MR) is 78.7 cm³/mol. The van der Waals surface area contributed by atoms with E-state index in [2.05, 4.69) is 0 Å². The Kier molecular flexibility index (Phi) is 4.23. The number of Topliss-reactive ketones (excluding diaryl/α,β-unsaturated/α-hetero) is 1. The van der Waals surface area contributed by atoms with Gasteiger partial charge in [-0.15, -0.1) is 0 Å². The van der Waals surface area contributed by atoms with Crippen LogP contribution in [-0.2, 0) is 16.1 Å². The van der Waals surface area contributed by atoms with Crippen LogP contribution in [0.5, 0.6) is 0 Å². The molecule has 0 aromatic heterocycles. The first kappa shape index (κ1) is 14.1. The number of fused-ring (bicyclic) bond motifs is 1. The monoisotopic (exact) mass is 287 g/mol. The standard InChI is InChI=1S/C17H21NO3/c19-16-8-4-7-14-11-18(10-9-15(14)16)17(20)21-12-13-5-2-1-3-6-13/h1-3,5-6,14-15H,4,7-12H2/t14-,15-/m0/s1. The quantitative estimate of drug-likeness (QED) is 0.840. The molecular weight excluding hydrogens is 266 g/mol. The Morgan fingerprint density at radius 2 is 2.05 bits per heavy atom. The summed E-state index contributed by atoms with van der Waals surface area (Å²) in [7, 11) is 0. The third-order valence-corrected chi connectivity index (χ3v) is 4.61. The second kappa shape index (κ2) is 6.29. The number of ketones is 1. The lowest BCUT2D eigenvalue weighted by Gasteiger charge is -2.39. The van der Waals surface area contributed by atoms with Crippen LogP contribution in [0.15, 0.2) is 30.3 Å². The van der Waals surface area contributed by atoms with Crippen LogP contribution in [0.4, 0.5) is 4.79 Å². The SMILES string of the molecule is O=C1CCC[C@H]2CN(C(=O)OCc3ccccc3)CC[C@H]12. The lowest BCUT2D eigenvalue weighted by Crippen LogP contribution is -2.47. The summed E-state index contributed by atoms with van der Waals surface area (Å²) in [6.45, 7) is 1.62. The van der Waals surface area contributed by atoms with Crippen LogP contribution in [0.25, 0.3) is 0 Å². The average molecular weight is 287 g/mol. The van der Waals surface area contributed by atoms with Gasteiger partial charge in [0.1, 0.15) is 12.4 Å². The molecule has 4 nitrogen and oxygen atoms in total. The number of benzene rings is 1. The summed E-state index contributed by atoms with van der Waals surface area (Å²) in [5.41, 5.74) is 0.994. The first-order valence-electron chi connectivity index (χ1n) is 7.72. The van der Waals surface area contributed by atoms with Gasteiger partial charge in [-0.05, 0) is 30.7 Å². The van der Waals surface area contributed by atoms with Gasteiger partial charge in [-0.1, -0.05) is 30.3 Å². The van der Waals surface area contributed by atoms with Crippen molar-refractivity contribution in [1.29, 1.82) is 0 Å². The van der Waals surface area contributed by atoms with Crippen LogP contribution in [0.2, 0.25) is 0 Å². The van der Waals surface area contributed by atoms with Gasteiger partial charge in [0.05, 0.1) is 0 Å². The number of hydrogen-bond acceptors (Lipinski definition) is 3. The van der Waals surface area contributed by atoms with Gasteiger partial charge in [-0.2, -0.15) is 0 Å². The summed E-state index contributed by atoms with van der Waals surface area (Å²) in [4.78, 5) is 25.8. The lowest BCUT2D eigenvalue weighted by atomic mass is 9.74. The zero-order valence-electron chi connectivity index (χ0n) is 12.2. The molecule has 0 unspecified atom stereocenters. The third kappa shape index (κ3) is 3.26. The summed E-state index contributed by atoms with van der Waals surface area (Å²) in [5.74, 6) is 0.907. The van der Waals surface area contributed by atoms with Gasteiger partial charge in [0.2, 0.25) is 0 Å². The number of likely N-dealkylation sites (tertiary alicyclic amines) is 1. The van der Waals surface area contributed by atoms with E-state index in [1.54, 1.807) is 4.90 Å². The highest BCUT2D eigenvalue weighted by molar-refractivity contribution is 5.82. The highest BCUT2D eigenvalue weighted by atomic mass is 16.6. The molecule has 0 bridgehead atoms. The molecule has 112 valence electrons. The molecule has 2 aliphatic rings. The number of rotatable bonds is 2. The Balaban J connectivity index is 1.53. The third-order valence-electron chi connectivity index (χ3n) is 4.61. The number of ether oxygens (including phenoxy) is 1. The number of nitrogens with zero attached hydrogens (tertiary/aromatic N) is 1. The van der Waals surface area contributed by atoms with Crippen molar-refractivity contribution in [2.45, 2.75) is 32.3 Å². The summed E-state index contributed by atoms with van der Waals surface area (Å²) in [6.07, 6.45) is 3.28. The molecule has 4 heteroatoms. The van der Waals surface area contributed by atoms with E-state index in [4.69, 9.17) is 4.74 Å². The molecule has 1 saturated heterocycles. The second-order valence-electron chi connectivity index (χ2n) is 6.00. The van der Waals surface area contributed by atoms with Crippen molar-refractivity contribution in [1.82, 2.24) is 4.90 Å². The van der Waals surface area contributed by atoms with E-state index >= 15 is 0 Å². The zero-order chi connectivity index (χ0) is 14.7. The number of carbonyl (C=O) groups is 2. The molecule has 0 radical (unpaired) electrons. The van der Waals surface area contributed by atoms with Crippen molar-refractivity contribution in [3.8, 4) is 0 Å². The van der Waals surface area contributed by atoms with Crippen molar-refractivity contribution >= 4 is 11.9 Å². The van der Waals surface area contributed by atoms with Gasteiger partial charge < -0.3 is 9.64 Å². The molecule has 1 aromatic rings. The Labute approximate surface area is 125 Å². The van der Waals surface area contributed by atoms with Crippen molar-refractivity contribution in [3.63, 3.8) is 0 Å². The first-order valence-corrected chi connectivity index (χ1v) is 7.72. The minimum atomic E-state index is -0.254. The van der Waals surface area contributed by atoms with E-state index < -0.39 is 0 Å². The van der Waals surface area contributed by atoms with E-state index in [-0.39, 0.29) is 12.0 Å². The van der Waals surface area contributed by atoms with E-state index in [1.165, 1.54) is 0 Å². The first-order chi connectivity index (χ1) is 10.2. The molecule has 2 fully saturated rings. The zero-order valence-corrected chi connectivity index (χ0v) is 12.2. The molecule has 1 saturated carbocycles. The van der Waals surface area contributed by atoms with Crippen LogP contribution in [0.1, 0.15) is 31.2 Å². The van der Waals surface area contributed by atoms with Crippen LogP contribution in [0.3, 0.4) is 0 Å². The van der Waals surface area contributed by atoms with Crippen molar-refractivity contribution in [2.24, 2.45) is 11.8 Å². The van der Waals surface area contributed by atoms with Gasteiger partial charge in [-0.25, -0.2) is 4.79 Å². The van der Waals surface area contributed by atoms with Gasteiger partial charge in [0.25, 0.3) is 0 Å². The largest absolute Gasteiger partial charge is 0.445 e. The fourth-order valence-electron chi connectivity index (χ4n) is 3.45. The maximum Gasteiger partial charge on any atom is 0.410 e. The van der Waals surface area contributed by atoms with E-state index in [0.29, 0.717) is 31.4 Å². The number of amides is 1. The molecule has 1 amide bonds. The summed E-state index contributed by atoms with van der Waals surface area (Å²) >= 11 is 0. The summed E-state index contributed by atoms with van der Waals surface area (Å²) in [5, 5.41) is 0. The summed E-state index contributed by atoms with van der Waals surface area (Å²) < 4.78 is 5.38. The molecule has 0 spiro atoms. The molecule has 0 N–H and O–H groups in total. The van der Waals surface area contributed by atoms with Crippen LogP contribution in [0, 0.1) is 11.8 Å². The normalized spacial score (nSPS) is 25.3. The van der Waals surface area contributed by atoms with Crippen molar-refractivity contribution < 1.29 is 14.3 Å². The molecule has 21 heavy (non-hydrogen) atoms. The minimum Gasteiger partial charge on any atom is -0.445 e. The molecule has 3 rings (SSSR count). The maximum absolute atomic E-state index is 12.1. The van der Waals surface area contributed by atoms with E-state index in [9.17, 15) is 9.59 Å². The minimum absolute atomic E-state index is 0.178.